The summed E-state index contributed by atoms with van der Waals surface area (Å²) in [6, 6.07) is 2.85. The molecule has 1 heterocycles. The molecule has 14 heteroatoms. The largest absolute Gasteiger partial charge is 0.477 e. The van der Waals surface area contributed by atoms with Crippen molar-refractivity contribution in [2.75, 3.05) is 7.11 Å². The van der Waals surface area contributed by atoms with E-state index in [4.69, 9.17) is 26.2 Å². The van der Waals surface area contributed by atoms with Crippen LogP contribution in [0, 0.1) is 10.1 Å². The molecule has 152 valence electrons. The van der Waals surface area contributed by atoms with Gasteiger partial charge in [-0.25, -0.2) is 4.79 Å². The highest BCUT2D eigenvalue weighted by molar-refractivity contribution is 6.32. The molecule has 0 radical (unpaired) electrons. The number of nitro benzene ring substituents is 1. The van der Waals surface area contributed by atoms with Gasteiger partial charge in [-0.2, -0.15) is 13.2 Å². The van der Waals surface area contributed by atoms with Crippen molar-refractivity contribution in [1.29, 1.82) is 0 Å². The zero-order valence-electron chi connectivity index (χ0n) is 14.1. The quantitative estimate of drug-likeness (QED) is 0.407. The molecule has 2 rings (SSSR count). The average Bonchev–Trinajstić information content (AvgIpc) is 2.85. The first kappa shape index (κ1) is 21.2. The number of halogens is 4. The van der Waals surface area contributed by atoms with Crippen LogP contribution in [-0.4, -0.2) is 39.2 Å². The fourth-order valence-electron chi connectivity index (χ4n) is 2.08. The first-order valence-corrected chi connectivity index (χ1v) is 7.51. The lowest BCUT2D eigenvalue weighted by Crippen LogP contribution is -2.29. The van der Waals surface area contributed by atoms with Crippen molar-refractivity contribution in [1.82, 2.24) is 9.78 Å². The van der Waals surface area contributed by atoms with Crippen LogP contribution < -0.4 is 9.47 Å². The van der Waals surface area contributed by atoms with Gasteiger partial charge >= 0.3 is 17.8 Å². The molecule has 1 aromatic heterocycles. The number of ether oxygens (including phenoxy) is 3. The van der Waals surface area contributed by atoms with Gasteiger partial charge in [0.2, 0.25) is 5.75 Å². The predicted molar refractivity (Wildman–Crippen MR) is 85.5 cm³/mol. The van der Waals surface area contributed by atoms with Crippen LogP contribution in [0.5, 0.6) is 17.4 Å². The number of aromatic nitrogens is 2. The fourth-order valence-corrected chi connectivity index (χ4v) is 2.38. The van der Waals surface area contributed by atoms with E-state index in [-0.39, 0.29) is 5.75 Å². The van der Waals surface area contributed by atoms with Crippen LogP contribution >= 0.6 is 11.6 Å². The van der Waals surface area contributed by atoms with Crippen molar-refractivity contribution in [2.24, 2.45) is 7.05 Å². The topological polar surface area (TPSA) is 126 Å². The number of nitro groups is 1. The Morgan fingerprint density at radius 1 is 1.43 bits per heavy atom. The van der Waals surface area contributed by atoms with E-state index in [0.29, 0.717) is 4.68 Å². The maximum atomic E-state index is 13.0. The number of alkyl halides is 3. The minimum Gasteiger partial charge on any atom is -0.477 e. The van der Waals surface area contributed by atoms with E-state index in [1.165, 1.54) is 0 Å². The highest BCUT2D eigenvalue weighted by atomic mass is 35.5. The van der Waals surface area contributed by atoms with E-state index in [1.807, 2.05) is 0 Å². The molecule has 0 aliphatic rings. The molecule has 28 heavy (non-hydrogen) atoms. The fraction of sp³-hybridized carbons (Fsp3) is 0.286. The molecule has 0 spiro atoms. The van der Waals surface area contributed by atoms with E-state index < -0.39 is 51.4 Å². The summed E-state index contributed by atoms with van der Waals surface area (Å²) in [5.41, 5.74) is -1.88. The second-order valence-electron chi connectivity index (χ2n) is 5.10. The number of aliphatic carboxylic acids is 1. The smallest absolute Gasteiger partial charge is 0.434 e. The molecule has 1 atom stereocenters. The van der Waals surface area contributed by atoms with Gasteiger partial charge in [-0.15, -0.1) is 5.10 Å². The summed E-state index contributed by atoms with van der Waals surface area (Å²) in [6.07, 6.45) is -6.67. The van der Waals surface area contributed by atoms with E-state index in [0.717, 1.165) is 32.4 Å². The van der Waals surface area contributed by atoms with Gasteiger partial charge in [-0.05, 0) is 6.07 Å². The molecule has 0 amide bonds. The lowest BCUT2D eigenvalue weighted by atomic mass is 10.3. The normalized spacial score (nSPS) is 12.5. The molecule has 0 fully saturated rings. The van der Waals surface area contributed by atoms with E-state index in [1.54, 1.807) is 0 Å². The van der Waals surface area contributed by atoms with Crippen molar-refractivity contribution in [3.63, 3.8) is 0 Å². The summed E-state index contributed by atoms with van der Waals surface area (Å²) >= 11 is 5.67. The number of hydrogen-bond donors (Lipinski definition) is 1. The number of aryl methyl sites for hydroxylation is 1. The number of hydrogen-bond acceptors (Lipinski definition) is 7. The Labute approximate surface area is 159 Å². The van der Waals surface area contributed by atoms with Crippen LogP contribution in [-0.2, 0) is 22.8 Å². The Hall–Kier alpha value is -3.06. The van der Waals surface area contributed by atoms with Crippen LogP contribution in [0.3, 0.4) is 0 Å². The van der Waals surface area contributed by atoms with Crippen molar-refractivity contribution in [3.05, 3.63) is 39.0 Å². The maximum absolute atomic E-state index is 13.0. The van der Waals surface area contributed by atoms with Crippen molar-refractivity contribution < 1.29 is 42.2 Å². The molecule has 0 aliphatic heterocycles. The summed E-state index contributed by atoms with van der Waals surface area (Å²) in [5, 5.41) is 22.7. The third-order valence-corrected chi connectivity index (χ3v) is 3.56. The van der Waals surface area contributed by atoms with Crippen molar-refractivity contribution >= 4 is 23.3 Å². The van der Waals surface area contributed by atoms with E-state index >= 15 is 0 Å². The third kappa shape index (κ3) is 4.43. The number of carboxylic acid groups (broad SMARTS) is 1. The summed E-state index contributed by atoms with van der Waals surface area (Å²) in [4.78, 5) is 21.2. The third-order valence-electron chi connectivity index (χ3n) is 3.22. The second-order valence-corrected chi connectivity index (χ2v) is 5.48. The molecular weight excluding hydrogens is 415 g/mol. The highest BCUT2D eigenvalue weighted by Crippen LogP contribution is 2.41. The van der Waals surface area contributed by atoms with Gasteiger partial charge < -0.3 is 19.3 Å². The SMILES string of the molecule is COC(Oc1cc(Oc2nn(C)c(C(F)(F)F)c2Cl)ccc1[N+](=O)[O-])C(=O)O. The summed E-state index contributed by atoms with van der Waals surface area (Å²) < 4.78 is 54.0. The van der Waals surface area contributed by atoms with Crippen LogP contribution in [0.25, 0.3) is 0 Å². The molecule has 1 unspecified atom stereocenters. The monoisotopic (exact) mass is 425 g/mol. The first-order valence-electron chi connectivity index (χ1n) is 7.14. The molecule has 0 bridgehead atoms. The predicted octanol–water partition coefficient (Wildman–Crippen LogP) is 3.23. The highest BCUT2D eigenvalue weighted by Gasteiger charge is 2.39. The summed E-state index contributed by atoms with van der Waals surface area (Å²) in [5.74, 6) is -2.97. The minimum absolute atomic E-state index is 0.241. The molecule has 0 aliphatic carbocycles. The number of methoxy groups -OCH3 is 1. The standard InChI is InChI=1S/C14H11ClF3N3O7/c1-20-10(14(16,17)18)9(15)11(19-20)27-6-3-4-7(21(24)25)8(5-6)28-13(26-2)12(22)23/h3-5,13H,1-2H3,(H,22,23). The van der Waals surface area contributed by atoms with Gasteiger partial charge in [0.25, 0.3) is 12.2 Å². The van der Waals surface area contributed by atoms with Gasteiger partial charge in [0.1, 0.15) is 10.8 Å². The number of carbonyl (C=O) groups is 1. The Morgan fingerprint density at radius 3 is 2.54 bits per heavy atom. The lowest BCUT2D eigenvalue weighted by molar-refractivity contribution is -0.386. The number of benzene rings is 1. The number of rotatable bonds is 7. The van der Waals surface area contributed by atoms with Gasteiger partial charge in [0, 0.05) is 26.3 Å². The van der Waals surface area contributed by atoms with E-state index in [9.17, 15) is 28.1 Å². The molecular formula is C14H11ClF3N3O7. The zero-order chi connectivity index (χ0) is 21.2. The molecule has 2 aromatic rings. The Morgan fingerprint density at radius 2 is 2.07 bits per heavy atom. The van der Waals surface area contributed by atoms with Crippen molar-refractivity contribution in [2.45, 2.75) is 12.5 Å². The molecule has 10 nitrogen and oxygen atoms in total. The Bertz CT molecular complexity index is 916. The Kier molecular flexibility index (Phi) is 5.99. The second kappa shape index (κ2) is 7.90. The van der Waals surface area contributed by atoms with Gasteiger partial charge in [-0.1, -0.05) is 11.6 Å². The van der Waals surface area contributed by atoms with Gasteiger partial charge in [0.15, 0.2) is 5.69 Å². The number of nitrogens with zero attached hydrogens (tertiary/aromatic N) is 3. The molecule has 1 aromatic carbocycles. The Balaban J connectivity index is 2.42. The first-order chi connectivity index (χ1) is 13.0. The molecule has 0 saturated carbocycles. The minimum atomic E-state index is -4.79. The maximum Gasteiger partial charge on any atom is 0.434 e. The van der Waals surface area contributed by atoms with E-state index in [2.05, 4.69) is 9.84 Å². The van der Waals surface area contributed by atoms with Crippen LogP contribution in [0.2, 0.25) is 5.02 Å². The number of carboxylic acids is 1. The average molecular weight is 426 g/mol. The summed E-state index contributed by atoms with van der Waals surface area (Å²) in [6.45, 7) is 0. The van der Waals surface area contributed by atoms with Gasteiger partial charge in [0.05, 0.1) is 4.92 Å². The molecule has 1 N–H and O–H groups in total. The lowest BCUT2D eigenvalue weighted by Gasteiger charge is -2.14. The molecule has 0 saturated heterocycles. The summed E-state index contributed by atoms with van der Waals surface area (Å²) in [7, 11) is 2.00. The zero-order valence-corrected chi connectivity index (χ0v) is 14.8. The van der Waals surface area contributed by atoms with Crippen molar-refractivity contribution in [3.8, 4) is 17.4 Å². The van der Waals surface area contributed by atoms with Crippen LogP contribution in [0.15, 0.2) is 18.2 Å². The van der Waals surface area contributed by atoms with Crippen LogP contribution in [0.1, 0.15) is 5.69 Å². The van der Waals surface area contributed by atoms with Crippen LogP contribution in [0.4, 0.5) is 18.9 Å². The van der Waals surface area contributed by atoms with Gasteiger partial charge in [-0.3, -0.25) is 14.8 Å².